The topological polar surface area (TPSA) is 17.1 Å². The van der Waals surface area contributed by atoms with Gasteiger partial charge in [0, 0.05) is 4.88 Å². The van der Waals surface area contributed by atoms with Gasteiger partial charge in [0.05, 0.1) is 6.42 Å². The number of rotatable bonds is 2. The first kappa shape index (κ1) is 13.0. The molecule has 0 aliphatic heterocycles. The lowest BCUT2D eigenvalue weighted by molar-refractivity contribution is -0.170. The highest BCUT2D eigenvalue weighted by molar-refractivity contribution is 7.12. The molecule has 0 saturated heterocycles. The maximum atomic E-state index is 12.1. The van der Waals surface area contributed by atoms with Crippen LogP contribution in [-0.4, -0.2) is 12.0 Å². The Hall–Kier alpha value is -1.05. The Kier molecular flexibility index (Phi) is 3.32. The van der Waals surface area contributed by atoms with Gasteiger partial charge < -0.3 is 0 Å². The first-order valence-corrected chi connectivity index (χ1v) is 4.68. The van der Waals surface area contributed by atoms with Crippen LogP contribution in [0.5, 0.6) is 0 Å². The van der Waals surface area contributed by atoms with Crippen LogP contribution in [0.1, 0.15) is 9.75 Å². The van der Waals surface area contributed by atoms with Gasteiger partial charge in [-0.2, -0.15) is 26.3 Å². The van der Waals surface area contributed by atoms with Gasteiger partial charge in [-0.15, -0.1) is 11.3 Å². The molecule has 0 aromatic carbocycles. The van der Waals surface area contributed by atoms with E-state index in [9.17, 15) is 31.1 Å². The minimum Gasteiger partial charge on any atom is -0.289 e. The average molecular weight is 262 g/mol. The van der Waals surface area contributed by atoms with E-state index >= 15 is 0 Å². The van der Waals surface area contributed by atoms with E-state index in [0.717, 1.165) is 6.07 Å². The Bertz CT molecular complexity index is 388. The SMILES string of the molecule is O=C(Cc1ccc(C(F)(F)F)s1)C(F)(F)F. The van der Waals surface area contributed by atoms with E-state index in [1.54, 1.807) is 0 Å². The van der Waals surface area contributed by atoms with Gasteiger partial charge in [0.25, 0.3) is 0 Å². The van der Waals surface area contributed by atoms with Crippen molar-refractivity contribution in [3.8, 4) is 0 Å². The molecule has 0 unspecified atom stereocenters. The maximum absolute atomic E-state index is 12.1. The van der Waals surface area contributed by atoms with Gasteiger partial charge in [0.2, 0.25) is 5.78 Å². The first-order valence-electron chi connectivity index (χ1n) is 3.86. The fourth-order valence-corrected chi connectivity index (χ4v) is 1.76. The summed E-state index contributed by atoms with van der Waals surface area (Å²) in [5.74, 6) is -2.05. The molecule has 8 heteroatoms. The van der Waals surface area contributed by atoms with Gasteiger partial charge >= 0.3 is 12.4 Å². The van der Waals surface area contributed by atoms with E-state index in [4.69, 9.17) is 0 Å². The van der Waals surface area contributed by atoms with E-state index in [-0.39, 0.29) is 16.2 Å². The Balaban J connectivity index is 2.78. The van der Waals surface area contributed by atoms with E-state index in [2.05, 4.69) is 0 Å². The predicted molar refractivity (Wildman–Crippen MR) is 44.1 cm³/mol. The summed E-state index contributed by atoms with van der Waals surface area (Å²) in [5.41, 5.74) is 0. The zero-order valence-corrected chi connectivity index (χ0v) is 8.26. The second kappa shape index (κ2) is 4.08. The quantitative estimate of drug-likeness (QED) is 0.746. The number of alkyl halides is 6. The molecule has 90 valence electrons. The van der Waals surface area contributed by atoms with Crippen molar-refractivity contribution in [1.29, 1.82) is 0 Å². The predicted octanol–water partition coefficient (Wildman–Crippen LogP) is 3.44. The molecule has 0 saturated carbocycles. The molecule has 1 aromatic heterocycles. The van der Waals surface area contributed by atoms with E-state index in [1.807, 2.05) is 0 Å². The van der Waals surface area contributed by atoms with Gasteiger partial charge in [-0.1, -0.05) is 0 Å². The van der Waals surface area contributed by atoms with Crippen LogP contribution < -0.4 is 0 Å². The summed E-state index contributed by atoms with van der Waals surface area (Å²) in [6.45, 7) is 0. The van der Waals surface area contributed by atoms with Crippen LogP contribution in [0.25, 0.3) is 0 Å². The Morgan fingerprint density at radius 2 is 1.69 bits per heavy atom. The van der Waals surface area contributed by atoms with Gasteiger partial charge in [-0.25, -0.2) is 0 Å². The monoisotopic (exact) mass is 262 g/mol. The molecule has 0 aliphatic rings. The molecule has 0 bridgehead atoms. The molecule has 1 nitrogen and oxygen atoms in total. The zero-order chi connectivity index (χ0) is 12.6. The van der Waals surface area contributed by atoms with E-state index in [1.165, 1.54) is 0 Å². The number of ketones is 1. The third kappa shape index (κ3) is 3.22. The highest BCUT2D eigenvalue weighted by Crippen LogP contribution is 2.35. The smallest absolute Gasteiger partial charge is 0.289 e. The summed E-state index contributed by atoms with van der Waals surface area (Å²) in [6, 6.07) is 1.53. The van der Waals surface area contributed by atoms with Crippen molar-refractivity contribution in [3.05, 3.63) is 21.9 Å². The third-order valence-electron chi connectivity index (χ3n) is 1.59. The molecule has 0 fully saturated rings. The number of hydrogen-bond acceptors (Lipinski definition) is 2. The molecule has 0 amide bonds. The fraction of sp³-hybridized carbons (Fsp3) is 0.375. The molecule has 1 rings (SSSR count). The van der Waals surface area contributed by atoms with Crippen molar-refractivity contribution < 1.29 is 31.1 Å². The van der Waals surface area contributed by atoms with Crippen LogP contribution in [0.3, 0.4) is 0 Å². The van der Waals surface area contributed by atoms with Crippen molar-refractivity contribution in [2.45, 2.75) is 18.8 Å². The fourth-order valence-electron chi connectivity index (χ4n) is 0.884. The van der Waals surface area contributed by atoms with E-state index in [0.29, 0.717) is 6.07 Å². The normalized spacial score (nSPS) is 12.9. The Morgan fingerprint density at radius 3 is 2.06 bits per heavy atom. The van der Waals surface area contributed by atoms with Crippen LogP contribution in [-0.2, 0) is 17.4 Å². The minimum absolute atomic E-state index is 0.138. The highest BCUT2D eigenvalue weighted by Gasteiger charge is 2.39. The molecule has 0 spiro atoms. The maximum Gasteiger partial charge on any atom is 0.450 e. The second-order valence-corrected chi connectivity index (χ2v) is 4.03. The molecule has 1 aromatic rings. The number of carbonyl (C=O) groups excluding carboxylic acids is 1. The standard InChI is InChI=1S/C8H4F6OS/c9-7(10,11)5(15)3-4-1-2-6(16-4)8(12,13)14/h1-2H,3H2. The van der Waals surface area contributed by atoms with Gasteiger partial charge in [-0.05, 0) is 12.1 Å². The lowest BCUT2D eigenvalue weighted by Gasteiger charge is -2.03. The Labute approximate surface area is 89.7 Å². The number of hydrogen-bond donors (Lipinski definition) is 0. The third-order valence-corrected chi connectivity index (χ3v) is 2.72. The average Bonchev–Trinajstić information content (AvgIpc) is 2.49. The highest BCUT2D eigenvalue weighted by atomic mass is 32.1. The molecule has 0 radical (unpaired) electrons. The second-order valence-electron chi connectivity index (χ2n) is 2.86. The molecule has 16 heavy (non-hydrogen) atoms. The number of halogens is 6. The number of Topliss-reactive ketones (excluding diaryl/α,β-unsaturated/α-hetero) is 1. The minimum atomic E-state index is -5.01. The number of carbonyl (C=O) groups is 1. The summed E-state index contributed by atoms with van der Waals surface area (Å²) in [4.78, 5) is 9.22. The van der Waals surface area contributed by atoms with Crippen molar-refractivity contribution in [3.63, 3.8) is 0 Å². The molecular weight excluding hydrogens is 258 g/mol. The lowest BCUT2D eigenvalue weighted by atomic mass is 10.2. The molecule has 0 atom stereocenters. The molecular formula is C8H4F6OS. The summed E-state index contributed by atoms with van der Waals surface area (Å²) in [5, 5.41) is 0. The summed E-state index contributed by atoms with van der Waals surface area (Å²) >= 11 is 0.138. The largest absolute Gasteiger partial charge is 0.450 e. The van der Waals surface area contributed by atoms with Gasteiger partial charge in [0.1, 0.15) is 4.88 Å². The van der Waals surface area contributed by atoms with Crippen molar-refractivity contribution >= 4 is 17.1 Å². The van der Waals surface area contributed by atoms with Crippen LogP contribution in [0.4, 0.5) is 26.3 Å². The summed E-state index contributed by atoms with van der Waals surface area (Å²) in [6.07, 6.45) is -10.7. The zero-order valence-electron chi connectivity index (χ0n) is 7.45. The van der Waals surface area contributed by atoms with Gasteiger partial charge in [-0.3, -0.25) is 4.79 Å². The Morgan fingerprint density at radius 1 is 1.12 bits per heavy atom. The van der Waals surface area contributed by atoms with Crippen molar-refractivity contribution in [2.24, 2.45) is 0 Å². The summed E-state index contributed by atoms with van der Waals surface area (Å²) < 4.78 is 71.7. The molecule has 0 N–H and O–H groups in total. The van der Waals surface area contributed by atoms with Crippen molar-refractivity contribution in [2.75, 3.05) is 0 Å². The van der Waals surface area contributed by atoms with E-state index < -0.39 is 29.4 Å². The number of thiophene rings is 1. The van der Waals surface area contributed by atoms with Crippen LogP contribution in [0.15, 0.2) is 12.1 Å². The van der Waals surface area contributed by atoms with Crippen LogP contribution in [0, 0.1) is 0 Å². The van der Waals surface area contributed by atoms with Gasteiger partial charge in [0.15, 0.2) is 0 Å². The summed E-state index contributed by atoms with van der Waals surface area (Å²) in [7, 11) is 0. The molecule has 1 heterocycles. The van der Waals surface area contributed by atoms with Crippen molar-refractivity contribution in [1.82, 2.24) is 0 Å². The lowest BCUT2D eigenvalue weighted by Crippen LogP contribution is -2.24. The van der Waals surface area contributed by atoms with Crippen LogP contribution in [0.2, 0.25) is 0 Å². The molecule has 0 aliphatic carbocycles. The first-order chi connectivity index (χ1) is 7.10. The van der Waals surface area contributed by atoms with Crippen LogP contribution >= 0.6 is 11.3 Å².